The van der Waals surface area contributed by atoms with Crippen LogP contribution in [0.15, 0.2) is 12.1 Å². The molecule has 0 saturated carbocycles. The van der Waals surface area contributed by atoms with E-state index in [9.17, 15) is 4.79 Å². The molecular formula is C13H16Cl2N2O. The second kappa shape index (κ2) is 5.45. The van der Waals surface area contributed by atoms with Crippen LogP contribution in [0.25, 0.3) is 0 Å². The molecular weight excluding hydrogens is 271 g/mol. The molecule has 18 heavy (non-hydrogen) atoms. The smallest absolute Gasteiger partial charge is 0.223 e. The van der Waals surface area contributed by atoms with Crippen molar-refractivity contribution in [3.05, 3.63) is 28.0 Å². The minimum absolute atomic E-state index is 0.194. The highest BCUT2D eigenvalue weighted by atomic mass is 35.5. The Morgan fingerprint density at radius 1 is 1.44 bits per heavy atom. The number of hydrogen-bond acceptors (Lipinski definition) is 2. The van der Waals surface area contributed by atoms with E-state index in [1.165, 1.54) is 0 Å². The van der Waals surface area contributed by atoms with Gasteiger partial charge in [-0.25, -0.2) is 4.98 Å². The van der Waals surface area contributed by atoms with Crippen molar-refractivity contribution < 1.29 is 4.79 Å². The van der Waals surface area contributed by atoms with E-state index in [-0.39, 0.29) is 5.91 Å². The van der Waals surface area contributed by atoms with E-state index in [0.717, 1.165) is 12.1 Å². The molecule has 1 unspecified atom stereocenters. The van der Waals surface area contributed by atoms with Crippen LogP contribution in [0.5, 0.6) is 0 Å². The monoisotopic (exact) mass is 286 g/mol. The van der Waals surface area contributed by atoms with Crippen LogP contribution in [0.3, 0.4) is 0 Å². The third-order valence-electron chi connectivity index (χ3n) is 3.44. The van der Waals surface area contributed by atoms with Crippen molar-refractivity contribution in [1.82, 2.24) is 9.88 Å². The number of amides is 1. The summed E-state index contributed by atoms with van der Waals surface area (Å²) in [7, 11) is 0. The summed E-state index contributed by atoms with van der Waals surface area (Å²) in [5, 5.41) is 0.750. The number of pyridine rings is 1. The summed E-state index contributed by atoms with van der Waals surface area (Å²) in [4.78, 5) is 17.7. The van der Waals surface area contributed by atoms with Gasteiger partial charge in [-0.1, -0.05) is 43.1 Å². The summed E-state index contributed by atoms with van der Waals surface area (Å²) in [5.41, 5.74) is 0.846. The van der Waals surface area contributed by atoms with Crippen LogP contribution in [0.1, 0.15) is 25.8 Å². The summed E-state index contributed by atoms with van der Waals surface area (Å²) in [6, 6.07) is 3.52. The number of likely N-dealkylation sites (tertiary alicyclic amines) is 1. The molecule has 1 aromatic heterocycles. The lowest BCUT2D eigenvalue weighted by atomic mass is 9.95. The number of carbonyl (C=O) groups is 1. The predicted molar refractivity (Wildman–Crippen MR) is 72.6 cm³/mol. The molecule has 1 aliphatic rings. The largest absolute Gasteiger partial charge is 0.338 e. The summed E-state index contributed by atoms with van der Waals surface area (Å²) in [6.07, 6.45) is 0.635. The number of halogens is 2. The third kappa shape index (κ3) is 2.96. The Morgan fingerprint density at radius 3 is 2.72 bits per heavy atom. The van der Waals surface area contributed by atoms with Gasteiger partial charge in [0.15, 0.2) is 0 Å². The third-order valence-corrected chi connectivity index (χ3v) is 3.98. The Labute approximate surface area is 117 Å². The van der Waals surface area contributed by atoms with Crippen molar-refractivity contribution in [3.8, 4) is 0 Å². The first-order valence-corrected chi connectivity index (χ1v) is 6.81. The molecule has 1 saturated heterocycles. The highest BCUT2D eigenvalue weighted by molar-refractivity contribution is 6.32. The molecule has 3 nitrogen and oxygen atoms in total. The summed E-state index contributed by atoms with van der Waals surface area (Å²) < 4.78 is 0. The molecule has 2 heterocycles. The fourth-order valence-electron chi connectivity index (χ4n) is 2.17. The normalized spacial score (nSPS) is 19.9. The Morgan fingerprint density at radius 2 is 2.17 bits per heavy atom. The number of aromatic nitrogens is 1. The van der Waals surface area contributed by atoms with E-state index in [2.05, 4.69) is 18.8 Å². The van der Waals surface area contributed by atoms with Gasteiger partial charge in [0.05, 0.1) is 0 Å². The first-order chi connectivity index (χ1) is 8.47. The highest BCUT2D eigenvalue weighted by Gasteiger charge is 2.31. The van der Waals surface area contributed by atoms with Crippen LogP contribution in [-0.2, 0) is 11.3 Å². The van der Waals surface area contributed by atoms with Crippen LogP contribution in [0, 0.1) is 11.8 Å². The lowest BCUT2D eigenvalue weighted by Crippen LogP contribution is -2.25. The van der Waals surface area contributed by atoms with Gasteiger partial charge in [0.1, 0.15) is 10.3 Å². The van der Waals surface area contributed by atoms with Crippen molar-refractivity contribution >= 4 is 29.1 Å². The van der Waals surface area contributed by atoms with Crippen LogP contribution >= 0.6 is 23.2 Å². The van der Waals surface area contributed by atoms with Gasteiger partial charge in [-0.3, -0.25) is 4.79 Å². The Kier molecular flexibility index (Phi) is 4.13. The van der Waals surface area contributed by atoms with Crippen LogP contribution < -0.4 is 0 Å². The molecule has 0 aliphatic carbocycles. The van der Waals surface area contributed by atoms with Crippen LogP contribution in [-0.4, -0.2) is 22.3 Å². The second-order valence-electron chi connectivity index (χ2n) is 5.07. The lowest BCUT2D eigenvalue weighted by molar-refractivity contribution is -0.128. The average Bonchev–Trinajstić information content (AvgIpc) is 2.64. The molecule has 1 aliphatic heterocycles. The molecule has 98 valence electrons. The van der Waals surface area contributed by atoms with Crippen molar-refractivity contribution in [2.24, 2.45) is 11.8 Å². The molecule has 1 amide bonds. The van der Waals surface area contributed by atoms with Crippen LogP contribution in [0.4, 0.5) is 0 Å². The number of hydrogen-bond donors (Lipinski definition) is 0. The molecule has 1 aromatic rings. The quantitative estimate of drug-likeness (QED) is 0.798. The lowest BCUT2D eigenvalue weighted by Gasteiger charge is -2.18. The molecule has 0 bridgehead atoms. The van der Waals surface area contributed by atoms with E-state index in [4.69, 9.17) is 23.2 Å². The van der Waals surface area contributed by atoms with Gasteiger partial charge in [-0.2, -0.15) is 0 Å². The SMILES string of the molecule is CC(C)C1CC(=O)N(Cc2ccc(Cl)nc2Cl)C1. The fraction of sp³-hybridized carbons (Fsp3) is 0.538. The zero-order valence-electron chi connectivity index (χ0n) is 10.5. The van der Waals surface area contributed by atoms with Crippen LogP contribution in [0.2, 0.25) is 10.3 Å². The van der Waals surface area contributed by atoms with Gasteiger partial charge in [0, 0.05) is 25.1 Å². The summed E-state index contributed by atoms with van der Waals surface area (Å²) >= 11 is 11.8. The molecule has 0 aromatic carbocycles. The van der Waals surface area contributed by atoms with Gasteiger partial charge in [0.25, 0.3) is 0 Å². The molecule has 1 fully saturated rings. The van der Waals surface area contributed by atoms with Crippen molar-refractivity contribution in [1.29, 1.82) is 0 Å². The summed E-state index contributed by atoms with van der Waals surface area (Å²) in [6.45, 7) is 5.62. The van der Waals surface area contributed by atoms with E-state index in [1.807, 2.05) is 11.0 Å². The zero-order valence-corrected chi connectivity index (χ0v) is 12.0. The van der Waals surface area contributed by atoms with E-state index >= 15 is 0 Å². The molecule has 0 radical (unpaired) electrons. The second-order valence-corrected chi connectivity index (χ2v) is 5.81. The molecule has 0 spiro atoms. The highest BCUT2D eigenvalue weighted by Crippen LogP contribution is 2.27. The molecule has 5 heteroatoms. The maximum absolute atomic E-state index is 11.9. The number of nitrogens with zero attached hydrogens (tertiary/aromatic N) is 2. The van der Waals surface area contributed by atoms with Crippen molar-refractivity contribution in [2.45, 2.75) is 26.8 Å². The fourth-order valence-corrected chi connectivity index (χ4v) is 2.57. The number of rotatable bonds is 3. The molecule has 0 N–H and O–H groups in total. The Bertz CT molecular complexity index is 462. The van der Waals surface area contributed by atoms with Gasteiger partial charge < -0.3 is 4.90 Å². The molecule has 1 atom stereocenters. The van der Waals surface area contributed by atoms with E-state index in [1.54, 1.807) is 6.07 Å². The topological polar surface area (TPSA) is 33.2 Å². The first kappa shape index (κ1) is 13.6. The molecule has 2 rings (SSSR count). The minimum atomic E-state index is 0.194. The standard InChI is InChI=1S/C13H16Cl2N2O/c1-8(2)10-5-12(18)17(7-10)6-9-3-4-11(14)16-13(9)15/h3-4,8,10H,5-7H2,1-2H3. The van der Waals surface area contributed by atoms with Gasteiger partial charge >= 0.3 is 0 Å². The van der Waals surface area contributed by atoms with Crippen molar-refractivity contribution in [2.75, 3.05) is 6.54 Å². The first-order valence-electron chi connectivity index (χ1n) is 6.06. The minimum Gasteiger partial charge on any atom is -0.338 e. The predicted octanol–water partition coefficient (Wildman–Crippen LogP) is 3.39. The van der Waals surface area contributed by atoms with Gasteiger partial charge in [-0.05, 0) is 17.9 Å². The maximum Gasteiger partial charge on any atom is 0.223 e. The van der Waals surface area contributed by atoms with Gasteiger partial charge in [0.2, 0.25) is 5.91 Å². The van der Waals surface area contributed by atoms with E-state index < -0.39 is 0 Å². The maximum atomic E-state index is 11.9. The average molecular weight is 287 g/mol. The number of carbonyl (C=O) groups excluding carboxylic acids is 1. The Hall–Kier alpha value is -0.800. The summed E-state index contributed by atoms with van der Waals surface area (Å²) in [5.74, 6) is 1.16. The van der Waals surface area contributed by atoms with E-state index in [0.29, 0.717) is 35.1 Å². The zero-order chi connectivity index (χ0) is 13.3. The Balaban J connectivity index is 2.08. The van der Waals surface area contributed by atoms with Crippen molar-refractivity contribution in [3.63, 3.8) is 0 Å². The van der Waals surface area contributed by atoms with Gasteiger partial charge in [-0.15, -0.1) is 0 Å².